The van der Waals surface area contributed by atoms with Crippen molar-refractivity contribution in [3.63, 3.8) is 0 Å². The highest BCUT2D eigenvalue weighted by atomic mass is 32.2. The van der Waals surface area contributed by atoms with Gasteiger partial charge in [0.05, 0.1) is 16.3 Å². The Labute approximate surface area is 175 Å². The first-order valence-electron chi connectivity index (χ1n) is 9.56. The van der Waals surface area contributed by atoms with Crippen LogP contribution in [-0.2, 0) is 15.4 Å². The number of fused-ring (bicyclic) bond motifs is 1. The van der Waals surface area contributed by atoms with Crippen LogP contribution >= 0.6 is 0 Å². The number of benzene rings is 2. The highest BCUT2D eigenvalue weighted by Crippen LogP contribution is 2.28. The van der Waals surface area contributed by atoms with Gasteiger partial charge in [-0.25, -0.2) is 18.1 Å². The van der Waals surface area contributed by atoms with Crippen molar-refractivity contribution in [2.24, 2.45) is 0 Å². The number of nitrogens with zero attached hydrogens (tertiary/aromatic N) is 4. The van der Waals surface area contributed by atoms with Crippen LogP contribution in [0, 0.1) is 6.92 Å². The molecule has 4 aromatic rings. The molecule has 0 atom stereocenters. The summed E-state index contributed by atoms with van der Waals surface area (Å²) in [7, 11) is -3.78. The zero-order valence-corrected chi connectivity index (χ0v) is 18.1. The summed E-state index contributed by atoms with van der Waals surface area (Å²) in [5.41, 5.74) is 4.16. The predicted molar refractivity (Wildman–Crippen MR) is 117 cm³/mol. The van der Waals surface area contributed by atoms with Crippen LogP contribution in [0.25, 0.3) is 16.9 Å². The summed E-state index contributed by atoms with van der Waals surface area (Å²) in [6.45, 7) is 8.20. The highest BCUT2D eigenvalue weighted by Gasteiger charge is 2.20. The number of sulfonamides is 1. The third-order valence-electron chi connectivity index (χ3n) is 4.88. The molecular weight excluding hydrogens is 398 g/mol. The molecule has 0 radical (unpaired) electrons. The van der Waals surface area contributed by atoms with Crippen molar-refractivity contribution in [2.45, 2.75) is 38.0 Å². The second-order valence-corrected chi connectivity index (χ2v) is 9.93. The van der Waals surface area contributed by atoms with Gasteiger partial charge in [0.15, 0.2) is 0 Å². The minimum atomic E-state index is -3.78. The zero-order chi connectivity index (χ0) is 21.5. The van der Waals surface area contributed by atoms with E-state index in [-0.39, 0.29) is 10.3 Å². The van der Waals surface area contributed by atoms with Gasteiger partial charge >= 0.3 is 0 Å². The molecule has 0 unspecified atom stereocenters. The lowest BCUT2D eigenvalue weighted by molar-refractivity contribution is 0.587. The highest BCUT2D eigenvalue weighted by molar-refractivity contribution is 7.92. The smallest absolute Gasteiger partial charge is 0.261 e. The summed E-state index contributed by atoms with van der Waals surface area (Å²) in [6.07, 6.45) is 1.64. The van der Waals surface area contributed by atoms with E-state index in [2.05, 4.69) is 40.8 Å². The lowest BCUT2D eigenvalue weighted by Crippen LogP contribution is -2.16. The SMILES string of the molecule is Cc1ccc(NS(=O)(=O)c2ccc(C(C)(C)C)cc2)c(-n2nnc3ncccc32)c1. The summed E-state index contributed by atoms with van der Waals surface area (Å²) in [6, 6.07) is 16.0. The van der Waals surface area contributed by atoms with Crippen LogP contribution < -0.4 is 4.72 Å². The topological polar surface area (TPSA) is 89.8 Å². The van der Waals surface area contributed by atoms with Crippen molar-refractivity contribution < 1.29 is 8.42 Å². The van der Waals surface area contributed by atoms with Crippen molar-refractivity contribution in [2.75, 3.05) is 4.72 Å². The van der Waals surface area contributed by atoms with E-state index in [9.17, 15) is 8.42 Å². The lowest BCUT2D eigenvalue weighted by Gasteiger charge is -2.19. The fourth-order valence-corrected chi connectivity index (χ4v) is 4.26. The molecular formula is C22H23N5O2S. The number of nitrogens with one attached hydrogen (secondary N) is 1. The molecule has 2 heterocycles. The summed E-state index contributed by atoms with van der Waals surface area (Å²) in [5, 5.41) is 8.26. The minimum Gasteiger partial charge on any atom is -0.277 e. The number of hydrogen-bond donors (Lipinski definition) is 1. The third-order valence-corrected chi connectivity index (χ3v) is 6.26. The van der Waals surface area contributed by atoms with Gasteiger partial charge < -0.3 is 0 Å². The summed E-state index contributed by atoms with van der Waals surface area (Å²) in [5.74, 6) is 0. The molecule has 1 N–H and O–H groups in total. The van der Waals surface area contributed by atoms with Crippen LogP contribution in [0.5, 0.6) is 0 Å². The molecule has 30 heavy (non-hydrogen) atoms. The van der Waals surface area contributed by atoms with E-state index in [4.69, 9.17) is 0 Å². The van der Waals surface area contributed by atoms with Crippen LogP contribution in [0.1, 0.15) is 31.9 Å². The Kier molecular flexibility index (Phi) is 4.82. The van der Waals surface area contributed by atoms with Gasteiger partial charge in [0.2, 0.25) is 5.65 Å². The quantitative estimate of drug-likeness (QED) is 0.533. The maximum Gasteiger partial charge on any atom is 0.261 e. The van der Waals surface area contributed by atoms with Crippen molar-refractivity contribution in [3.05, 3.63) is 71.9 Å². The predicted octanol–water partition coefficient (Wildman–Crippen LogP) is 4.22. The fraction of sp³-hybridized carbons (Fsp3) is 0.227. The molecule has 8 heteroatoms. The summed E-state index contributed by atoms with van der Waals surface area (Å²) < 4.78 is 30.4. The van der Waals surface area contributed by atoms with E-state index in [0.29, 0.717) is 22.5 Å². The Hall–Kier alpha value is -3.26. The van der Waals surface area contributed by atoms with Gasteiger partial charge in [-0.05, 0) is 59.9 Å². The van der Waals surface area contributed by atoms with Crippen molar-refractivity contribution in [1.82, 2.24) is 20.0 Å². The molecule has 7 nitrogen and oxygen atoms in total. The number of pyridine rings is 1. The largest absolute Gasteiger partial charge is 0.277 e. The van der Waals surface area contributed by atoms with Crippen LogP contribution in [0.15, 0.2) is 65.7 Å². The molecule has 0 fully saturated rings. The van der Waals surface area contributed by atoms with E-state index in [1.54, 1.807) is 35.1 Å². The second-order valence-electron chi connectivity index (χ2n) is 8.25. The first-order valence-corrected chi connectivity index (χ1v) is 11.0. The van der Waals surface area contributed by atoms with E-state index in [1.807, 2.05) is 37.3 Å². The third kappa shape index (κ3) is 3.78. The van der Waals surface area contributed by atoms with Gasteiger partial charge in [0.1, 0.15) is 5.52 Å². The lowest BCUT2D eigenvalue weighted by atomic mass is 9.87. The average Bonchev–Trinajstić information content (AvgIpc) is 3.13. The zero-order valence-electron chi connectivity index (χ0n) is 17.3. The molecule has 0 bridgehead atoms. The Morgan fingerprint density at radius 3 is 2.43 bits per heavy atom. The number of rotatable bonds is 4. The van der Waals surface area contributed by atoms with Crippen LogP contribution in [0.4, 0.5) is 5.69 Å². The first-order chi connectivity index (χ1) is 14.1. The molecule has 2 aromatic heterocycles. The molecule has 0 aliphatic heterocycles. The van der Waals surface area contributed by atoms with Crippen molar-refractivity contribution >= 4 is 26.9 Å². The maximum atomic E-state index is 13.1. The van der Waals surface area contributed by atoms with Crippen molar-refractivity contribution in [1.29, 1.82) is 0 Å². The molecule has 0 amide bonds. The molecule has 0 saturated carbocycles. The van der Waals surface area contributed by atoms with Gasteiger partial charge in [-0.2, -0.15) is 0 Å². The average molecular weight is 422 g/mol. The number of aryl methyl sites for hydroxylation is 1. The van der Waals surface area contributed by atoms with E-state index >= 15 is 0 Å². The molecule has 2 aromatic carbocycles. The standard InChI is InChI=1S/C22H23N5O2S/c1-15-7-12-18(20(14-15)27-19-6-5-13-23-21(19)24-26-27)25-30(28,29)17-10-8-16(9-11-17)22(2,3)4/h5-14,25H,1-4H3. The Morgan fingerprint density at radius 2 is 1.73 bits per heavy atom. The van der Waals surface area contributed by atoms with Crippen LogP contribution in [-0.4, -0.2) is 28.4 Å². The molecule has 4 rings (SSSR count). The molecule has 0 aliphatic rings. The second kappa shape index (κ2) is 7.21. The molecule has 0 spiro atoms. The van der Waals surface area contributed by atoms with Crippen LogP contribution in [0.2, 0.25) is 0 Å². The van der Waals surface area contributed by atoms with Crippen LogP contribution in [0.3, 0.4) is 0 Å². The number of aromatic nitrogens is 4. The number of anilines is 1. The van der Waals surface area contributed by atoms with E-state index in [1.165, 1.54) is 0 Å². The van der Waals surface area contributed by atoms with E-state index in [0.717, 1.165) is 11.1 Å². The summed E-state index contributed by atoms with van der Waals surface area (Å²) in [4.78, 5) is 4.40. The van der Waals surface area contributed by atoms with E-state index < -0.39 is 10.0 Å². The Bertz CT molecular complexity index is 1320. The van der Waals surface area contributed by atoms with Crippen molar-refractivity contribution in [3.8, 4) is 5.69 Å². The van der Waals surface area contributed by atoms with Gasteiger partial charge in [-0.3, -0.25) is 4.72 Å². The number of hydrogen-bond acceptors (Lipinski definition) is 5. The molecule has 154 valence electrons. The summed E-state index contributed by atoms with van der Waals surface area (Å²) >= 11 is 0. The fourth-order valence-electron chi connectivity index (χ4n) is 3.19. The Balaban J connectivity index is 1.75. The maximum absolute atomic E-state index is 13.1. The monoisotopic (exact) mass is 421 g/mol. The van der Waals surface area contributed by atoms with Gasteiger partial charge in [-0.1, -0.05) is 44.2 Å². The molecule has 0 aliphatic carbocycles. The molecule has 0 saturated heterocycles. The van der Waals surface area contributed by atoms with Gasteiger partial charge in [-0.15, -0.1) is 5.10 Å². The minimum absolute atomic E-state index is 0.0535. The normalized spacial score (nSPS) is 12.3. The van der Waals surface area contributed by atoms with Gasteiger partial charge in [0.25, 0.3) is 10.0 Å². The van der Waals surface area contributed by atoms with Gasteiger partial charge in [0, 0.05) is 6.20 Å². The first kappa shape index (κ1) is 20.0. The Morgan fingerprint density at radius 1 is 1.00 bits per heavy atom.